The van der Waals surface area contributed by atoms with Crippen molar-refractivity contribution in [3.8, 4) is 0 Å². The number of ether oxygens (including phenoxy) is 4. The molecule has 8 bridgehead atoms. The van der Waals surface area contributed by atoms with Gasteiger partial charge in [-0.1, -0.05) is 60.7 Å². The van der Waals surface area contributed by atoms with Gasteiger partial charge in [-0.3, -0.25) is 9.59 Å². The number of benzene rings is 3. The van der Waals surface area contributed by atoms with E-state index in [0.717, 1.165) is 105 Å². The van der Waals surface area contributed by atoms with Gasteiger partial charge in [0.1, 0.15) is 0 Å². The average Bonchev–Trinajstić information content (AvgIpc) is 3.97. The highest BCUT2D eigenvalue weighted by molar-refractivity contribution is 6.16. The van der Waals surface area contributed by atoms with Crippen molar-refractivity contribution in [1.29, 1.82) is 0 Å². The summed E-state index contributed by atoms with van der Waals surface area (Å²) in [7, 11) is 6.17. The smallest absolute Gasteiger partial charge is 0.305 e. The average molecular weight is 780 g/mol. The summed E-state index contributed by atoms with van der Waals surface area (Å²) in [5, 5.41) is 7.56. The molecule has 0 saturated carbocycles. The first kappa shape index (κ1) is 38.0. The van der Waals surface area contributed by atoms with Gasteiger partial charge in [0, 0.05) is 83.3 Å². The summed E-state index contributed by atoms with van der Waals surface area (Å²) in [6, 6.07) is 21.1. The molecule has 0 radical (unpaired) electrons. The number of carbonyl (C=O) groups excluding carboxylic acids is 2. The van der Waals surface area contributed by atoms with Crippen LogP contribution in [0.5, 0.6) is 0 Å². The second-order valence-corrected chi connectivity index (χ2v) is 14.6. The maximum absolute atomic E-state index is 12.6. The zero-order valence-electron chi connectivity index (χ0n) is 32.7. The summed E-state index contributed by atoms with van der Waals surface area (Å²) in [5.41, 5.74) is 11.9. The Bertz CT molecular complexity index is 2920. The van der Waals surface area contributed by atoms with E-state index in [2.05, 4.69) is 96.7 Å². The summed E-state index contributed by atoms with van der Waals surface area (Å²) in [5.74, 6) is -1.81. The van der Waals surface area contributed by atoms with Crippen molar-refractivity contribution in [2.75, 3.05) is 28.4 Å². The minimum Gasteiger partial charge on any atom is -1.00 e. The van der Waals surface area contributed by atoms with E-state index in [1.807, 2.05) is 12.1 Å². The van der Waals surface area contributed by atoms with Crippen LogP contribution >= 0.6 is 0 Å². The predicted molar refractivity (Wildman–Crippen MR) is 217 cm³/mol. The van der Waals surface area contributed by atoms with Gasteiger partial charge < -0.3 is 36.3 Å². The Kier molecular flexibility index (Phi) is 9.72. The monoisotopic (exact) mass is 779 g/mol. The van der Waals surface area contributed by atoms with Crippen molar-refractivity contribution in [3.05, 3.63) is 139 Å². The fourth-order valence-corrected chi connectivity index (χ4v) is 9.09. The first-order valence-electron chi connectivity index (χ1n) is 18.8. The highest BCUT2D eigenvalue weighted by Gasteiger charge is 2.48. The van der Waals surface area contributed by atoms with Gasteiger partial charge in [0.05, 0.1) is 25.3 Å². The van der Waals surface area contributed by atoms with Gasteiger partial charge in [0.2, 0.25) is 17.2 Å². The van der Waals surface area contributed by atoms with Crippen LogP contribution in [0.3, 0.4) is 0 Å². The molecule has 0 amide bonds. The number of H-pyrrole nitrogens is 1. The molecule has 0 atom stereocenters. The van der Waals surface area contributed by atoms with Crippen LogP contribution in [0, 0.1) is 17.4 Å². The molecule has 0 spiro atoms. The van der Waals surface area contributed by atoms with Crippen LogP contribution in [0.25, 0.3) is 50.9 Å². The van der Waals surface area contributed by atoms with Gasteiger partial charge in [-0.15, -0.1) is 0 Å². The van der Waals surface area contributed by atoms with Crippen molar-refractivity contribution >= 4 is 68.6 Å². The molecular formula is C47H42ClN3O6. The first-order valence-corrected chi connectivity index (χ1v) is 18.8. The Morgan fingerprint density at radius 1 is 0.737 bits per heavy atom. The molecule has 4 heterocycles. The lowest BCUT2D eigenvalue weighted by molar-refractivity contribution is -0.385. The molecule has 1 aromatic heterocycles. The van der Waals surface area contributed by atoms with Crippen molar-refractivity contribution in [2.45, 2.75) is 45.3 Å². The lowest BCUT2D eigenvalue weighted by atomic mass is 9.96. The number of allylic oxidation sites excluding steroid dienone is 3. The van der Waals surface area contributed by atoms with E-state index in [9.17, 15) is 9.59 Å². The molecule has 5 aliphatic rings. The molecule has 0 unspecified atom stereocenters. The third-order valence-corrected chi connectivity index (χ3v) is 11.9. The topological polar surface area (TPSA) is 114 Å². The number of esters is 2. The second-order valence-electron chi connectivity index (χ2n) is 14.6. The Morgan fingerprint density at radius 2 is 1.37 bits per heavy atom. The number of hydrogen-bond acceptors (Lipinski definition) is 7. The van der Waals surface area contributed by atoms with Crippen LogP contribution in [0.15, 0.2) is 83.6 Å². The number of aromatic amines is 1. The molecule has 3 aromatic carbocycles. The maximum Gasteiger partial charge on any atom is 0.305 e. The van der Waals surface area contributed by atoms with Crippen LogP contribution in [-0.4, -0.2) is 61.8 Å². The fourth-order valence-electron chi connectivity index (χ4n) is 9.09. The van der Waals surface area contributed by atoms with Gasteiger partial charge >= 0.3 is 11.9 Å². The maximum atomic E-state index is 12.6. The molecule has 0 fully saturated rings. The first-order chi connectivity index (χ1) is 27.2. The minimum absolute atomic E-state index is 0. The molecule has 3 aliphatic heterocycles. The molecule has 9 nitrogen and oxygen atoms in total. The van der Waals surface area contributed by atoms with Crippen LogP contribution in [0.4, 0.5) is 0 Å². The van der Waals surface area contributed by atoms with E-state index in [4.69, 9.17) is 23.9 Å². The molecule has 288 valence electrons. The van der Waals surface area contributed by atoms with E-state index < -0.39 is 5.79 Å². The molecular weight excluding hydrogens is 738 g/mol. The Labute approximate surface area is 335 Å². The van der Waals surface area contributed by atoms with Crippen LogP contribution in [-0.2, 0) is 35.0 Å². The van der Waals surface area contributed by atoms with Crippen molar-refractivity contribution in [2.24, 2.45) is 0 Å². The third-order valence-electron chi connectivity index (χ3n) is 11.9. The molecule has 4 aromatic rings. The Hall–Kier alpha value is -5.87. The Balaban J connectivity index is 0.00000455. The molecule has 9 rings (SSSR count). The zero-order chi connectivity index (χ0) is 38.9. The van der Waals surface area contributed by atoms with Crippen molar-refractivity contribution < 1.29 is 45.9 Å². The van der Waals surface area contributed by atoms with Gasteiger partial charge in [-0.05, 0) is 82.6 Å². The number of hydrogen-bond donors (Lipinski definition) is 2. The highest BCUT2D eigenvalue weighted by atomic mass is 35.5. The standard InChI is InChI=1S/C47H41N3O6.ClH/c1-25-28(17-19-42(51)53-3)38-23-40-45-32-15-9-11-27-12-10-16-33(44(27)32)46(45)41(50-40)24-39-29(18-20-43(52)54-4)26(2)37(49-39)22-35-31-14-8-7-13-30(31)34(21-36(25)48-38)47(35,55-5)56-6;/h7-16,21-24,48H,17-20H2,1-6H3;1H. The second kappa shape index (κ2) is 14.6. The third kappa shape index (κ3) is 5.83. The van der Waals surface area contributed by atoms with Gasteiger partial charge in [-0.25, -0.2) is 9.98 Å². The minimum atomic E-state index is -1.26. The molecule has 2 aliphatic carbocycles. The van der Waals surface area contributed by atoms with Crippen LogP contribution < -0.4 is 22.7 Å². The van der Waals surface area contributed by atoms with Crippen LogP contribution in [0.2, 0.25) is 0 Å². The number of nitrogens with one attached hydrogen (secondary N) is 2. The van der Waals surface area contributed by atoms with E-state index in [1.54, 1.807) is 14.2 Å². The lowest BCUT2D eigenvalue weighted by Crippen LogP contribution is -3.00. The largest absolute Gasteiger partial charge is 1.00 e. The van der Waals surface area contributed by atoms with E-state index in [0.29, 0.717) is 12.8 Å². The molecule has 10 heteroatoms. The molecule has 2 N–H and O–H groups in total. The van der Waals surface area contributed by atoms with Crippen LogP contribution in [0.1, 0.15) is 65.5 Å². The van der Waals surface area contributed by atoms with E-state index >= 15 is 0 Å². The Morgan fingerprint density at radius 3 is 2.02 bits per heavy atom. The fraction of sp³-hybridized carbons (Fsp3) is 0.234. The zero-order valence-corrected chi connectivity index (χ0v) is 33.4. The number of rotatable bonds is 8. The summed E-state index contributed by atoms with van der Waals surface area (Å²) >= 11 is 0. The summed E-state index contributed by atoms with van der Waals surface area (Å²) in [6.45, 7) is 4.16. The highest BCUT2D eigenvalue weighted by Crippen LogP contribution is 2.52. The predicted octanol–water partition coefficient (Wildman–Crippen LogP) is 2.93. The van der Waals surface area contributed by atoms with Crippen molar-refractivity contribution in [3.63, 3.8) is 0 Å². The van der Waals surface area contributed by atoms with Gasteiger partial charge in [0.15, 0.2) is 0 Å². The number of halogens is 1. The number of carbonyl (C=O) groups is 2. The quantitative estimate of drug-likeness (QED) is 0.181. The number of methoxy groups -OCH3 is 4. The summed E-state index contributed by atoms with van der Waals surface area (Å²) < 4.78 is 23.0. The molecule has 57 heavy (non-hydrogen) atoms. The number of aromatic nitrogens is 2. The van der Waals surface area contributed by atoms with Gasteiger partial charge in [-0.2, -0.15) is 0 Å². The number of fused-ring (bicyclic) bond motifs is 14. The van der Waals surface area contributed by atoms with Crippen molar-refractivity contribution in [1.82, 2.24) is 9.97 Å². The van der Waals surface area contributed by atoms with E-state index in [1.165, 1.54) is 19.6 Å². The number of nitrogens with zero attached hydrogens (tertiary/aromatic N) is 1. The summed E-state index contributed by atoms with van der Waals surface area (Å²) in [6.07, 6.45) is 9.84. The SMILES string of the molecule is COC(=O)CCC1=C(C)C2=[NH+]C1=Cc1nc(c3c4cccc5cccc(c1=3)c54)=Cc1[nH]c(c(C)c1CCC(=O)OC)C=C1c3ccccc3C(=C2)C1(OC)OC.[Cl-]. The normalized spacial score (nSPS) is 15.5. The lowest BCUT2D eigenvalue weighted by Gasteiger charge is -2.29. The van der Waals surface area contributed by atoms with Gasteiger partial charge in [0.25, 0.3) is 0 Å². The molecule has 0 saturated heterocycles. The summed E-state index contributed by atoms with van der Waals surface area (Å²) in [4.78, 5) is 38.0. The van der Waals surface area contributed by atoms with E-state index in [-0.39, 0.29) is 37.2 Å².